The fourth-order valence-corrected chi connectivity index (χ4v) is 1.89. The first-order valence-electron chi connectivity index (χ1n) is 4.69. The van der Waals surface area contributed by atoms with Crippen molar-refractivity contribution in [3.8, 4) is 0 Å². The van der Waals surface area contributed by atoms with Gasteiger partial charge in [-0.25, -0.2) is 0 Å². The number of hydrogen-bond acceptors (Lipinski definition) is 3. The van der Waals surface area contributed by atoms with E-state index in [4.69, 9.17) is 5.11 Å². The third-order valence-corrected chi connectivity index (χ3v) is 3.21. The third kappa shape index (κ3) is 3.70. The molecule has 1 rings (SSSR count). The van der Waals surface area contributed by atoms with Gasteiger partial charge in [-0.2, -0.15) is 11.8 Å². The molecule has 1 aromatic rings. The molecule has 1 aromatic carbocycles. The lowest BCUT2D eigenvalue weighted by atomic mass is 10.1. The smallest absolute Gasteiger partial charge is 0.0880 e. The van der Waals surface area contributed by atoms with Crippen molar-refractivity contribution in [2.75, 3.05) is 12.4 Å². The van der Waals surface area contributed by atoms with E-state index in [1.807, 2.05) is 37.3 Å². The van der Waals surface area contributed by atoms with Crippen LogP contribution in [0.5, 0.6) is 0 Å². The Bertz CT molecular complexity index is 251. The van der Waals surface area contributed by atoms with Crippen molar-refractivity contribution in [1.82, 2.24) is 0 Å². The van der Waals surface area contributed by atoms with Gasteiger partial charge in [-0.05, 0) is 5.56 Å². The lowest BCUT2D eigenvalue weighted by Crippen LogP contribution is -2.07. The molecule has 2 atom stereocenters. The molecule has 0 aliphatic rings. The normalized spacial score (nSPS) is 15.1. The molecule has 0 amide bonds. The minimum atomic E-state index is -0.435. The van der Waals surface area contributed by atoms with Gasteiger partial charge in [-0.15, -0.1) is 0 Å². The van der Waals surface area contributed by atoms with Crippen molar-refractivity contribution < 1.29 is 10.2 Å². The lowest BCUT2D eigenvalue weighted by Gasteiger charge is -2.13. The van der Waals surface area contributed by atoms with Crippen LogP contribution in [-0.4, -0.2) is 27.8 Å². The van der Waals surface area contributed by atoms with Gasteiger partial charge < -0.3 is 10.2 Å². The monoisotopic (exact) mass is 212 g/mol. The highest BCUT2D eigenvalue weighted by molar-refractivity contribution is 7.99. The van der Waals surface area contributed by atoms with Crippen LogP contribution in [0.1, 0.15) is 18.6 Å². The van der Waals surface area contributed by atoms with Gasteiger partial charge in [0.2, 0.25) is 0 Å². The molecule has 0 radical (unpaired) electrons. The van der Waals surface area contributed by atoms with Crippen molar-refractivity contribution in [3.63, 3.8) is 0 Å². The van der Waals surface area contributed by atoms with Gasteiger partial charge in [0, 0.05) is 11.0 Å². The Hall–Kier alpha value is -0.510. The number of rotatable bonds is 5. The molecule has 3 heteroatoms. The molecule has 0 saturated carbocycles. The minimum absolute atomic E-state index is 0.159. The summed E-state index contributed by atoms with van der Waals surface area (Å²) >= 11 is 1.58. The van der Waals surface area contributed by atoms with E-state index in [1.54, 1.807) is 11.8 Å². The van der Waals surface area contributed by atoms with Crippen LogP contribution < -0.4 is 0 Å². The highest BCUT2D eigenvalue weighted by Gasteiger charge is 2.09. The first-order valence-corrected chi connectivity index (χ1v) is 5.74. The maximum atomic E-state index is 9.76. The van der Waals surface area contributed by atoms with Crippen molar-refractivity contribution >= 4 is 11.8 Å². The predicted molar refractivity (Wildman–Crippen MR) is 60.4 cm³/mol. The molecule has 2 unspecified atom stereocenters. The molecule has 0 aliphatic carbocycles. The van der Waals surface area contributed by atoms with Crippen LogP contribution in [0.15, 0.2) is 30.3 Å². The van der Waals surface area contributed by atoms with E-state index in [1.165, 1.54) is 0 Å². The van der Waals surface area contributed by atoms with Gasteiger partial charge in [0.25, 0.3) is 0 Å². The fourth-order valence-electron chi connectivity index (χ4n) is 1.08. The van der Waals surface area contributed by atoms with Gasteiger partial charge >= 0.3 is 0 Å². The van der Waals surface area contributed by atoms with Crippen molar-refractivity contribution in [3.05, 3.63) is 35.9 Å². The molecule has 0 aliphatic heterocycles. The molecule has 0 spiro atoms. The molecule has 0 saturated heterocycles. The first kappa shape index (κ1) is 11.6. The summed E-state index contributed by atoms with van der Waals surface area (Å²) in [7, 11) is 0. The van der Waals surface area contributed by atoms with Crippen molar-refractivity contribution in [2.45, 2.75) is 18.3 Å². The molecule has 78 valence electrons. The summed E-state index contributed by atoms with van der Waals surface area (Å²) in [5.41, 5.74) is 0.935. The van der Waals surface area contributed by atoms with Gasteiger partial charge in [0.1, 0.15) is 0 Å². The molecule has 14 heavy (non-hydrogen) atoms. The standard InChI is InChI=1S/C11H16O2S/c1-9(7-12)14-8-11(13)10-5-3-2-4-6-10/h2-6,9,11-13H,7-8H2,1H3. The Kier molecular flexibility index (Phi) is 5.01. The number of aliphatic hydroxyl groups excluding tert-OH is 2. The summed E-state index contributed by atoms with van der Waals surface area (Å²) in [5.74, 6) is 0.631. The molecule has 2 N–H and O–H groups in total. The van der Waals surface area contributed by atoms with E-state index in [2.05, 4.69) is 0 Å². The molecule has 2 nitrogen and oxygen atoms in total. The topological polar surface area (TPSA) is 40.5 Å². The third-order valence-electron chi connectivity index (χ3n) is 1.98. The van der Waals surface area contributed by atoms with E-state index < -0.39 is 6.10 Å². The van der Waals surface area contributed by atoms with Crippen molar-refractivity contribution in [2.24, 2.45) is 0 Å². The lowest BCUT2D eigenvalue weighted by molar-refractivity contribution is 0.203. The maximum Gasteiger partial charge on any atom is 0.0880 e. The van der Waals surface area contributed by atoms with Crippen molar-refractivity contribution in [1.29, 1.82) is 0 Å². The Balaban J connectivity index is 2.39. The summed E-state index contributed by atoms with van der Waals surface area (Å²) < 4.78 is 0. The zero-order valence-electron chi connectivity index (χ0n) is 8.26. The number of hydrogen-bond donors (Lipinski definition) is 2. The second-order valence-corrected chi connectivity index (χ2v) is 4.72. The summed E-state index contributed by atoms with van der Waals surface area (Å²) in [6.45, 7) is 2.11. The zero-order chi connectivity index (χ0) is 10.4. The van der Waals surface area contributed by atoms with Crippen LogP contribution in [0.2, 0.25) is 0 Å². The van der Waals surface area contributed by atoms with Crippen LogP contribution in [0, 0.1) is 0 Å². The average Bonchev–Trinajstić information content (AvgIpc) is 2.26. The molecule has 0 fully saturated rings. The van der Waals surface area contributed by atoms with Gasteiger partial charge in [0.15, 0.2) is 0 Å². The van der Waals surface area contributed by atoms with E-state index in [-0.39, 0.29) is 11.9 Å². The zero-order valence-corrected chi connectivity index (χ0v) is 9.07. The van der Waals surface area contributed by atoms with E-state index in [9.17, 15) is 5.11 Å². The van der Waals surface area contributed by atoms with Crippen LogP contribution in [0.3, 0.4) is 0 Å². The Labute approximate surface area is 89.0 Å². The average molecular weight is 212 g/mol. The van der Waals surface area contributed by atoms with Crippen LogP contribution in [0.4, 0.5) is 0 Å². The highest BCUT2D eigenvalue weighted by Crippen LogP contribution is 2.20. The van der Waals surface area contributed by atoms with Gasteiger partial charge in [-0.1, -0.05) is 37.3 Å². The van der Waals surface area contributed by atoms with Crippen LogP contribution in [-0.2, 0) is 0 Å². The molecular weight excluding hydrogens is 196 g/mol. The minimum Gasteiger partial charge on any atom is -0.395 e. The van der Waals surface area contributed by atoms with E-state index in [0.29, 0.717) is 5.75 Å². The number of aliphatic hydroxyl groups is 2. The Morgan fingerprint density at radius 3 is 2.50 bits per heavy atom. The van der Waals surface area contributed by atoms with Gasteiger partial charge in [-0.3, -0.25) is 0 Å². The fraction of sp³-hybridized carbons (Fsp3) is 0.455. The summed E-state index contributed by atoms with van der Waals surface area (Å²) in [4.78, 5) is 0. The molecule has 0 bridgehead atoms. The SMILES string of the molecule is CC(CO)SCC(O)c1ccccc1. The second kappa shape index (κ2) is 6.06. The second-order valence-electron chi connectivity index (χ2n) is 3.25. The first-order chi connectivity index (χ1) is 6.74. The highest BCUT2D eigenvalue weighted by atomic mass is 32.2. The van der Waals surface area contributed by atoms with Gasteiger partial charge in [0.05, 0.1) is 12.7 Å². The summed E-state index contributed by atoms with van der Waals surface area (Å²) in [6, 6.07) is 9.58. The quantitative estimate of drug-likeness (QED) is 0.782. The maximum absolute atomic E-state index is 9.76. The summed E-state index contributed by atoms with van der Waals surface area (Å²) in [5, 5.41) is 18.8. The molecular formula is C11H16O2S. The predicted octanol–water partition coefficient (Wildman–Crippen LogP) is 1.83. The number of benzene rings is 1. The molecule has 0 aromatic heterocycles. The summed E-state index contributed by atoms with van der Waals surface area (Å²) in [6.07, 6.45) is -0.435. The van der Waals surface area contributed by atoms with E-state index in [0.717, 1.165) is 5.56 Å². The molecule has 0 heterocycles. The largest absolute Gasteiger partial charge is 0.395 e. The number of thioether (sulfide) groups is 1. The van der Waals surface area contributed by atoms with E-state index >= 15 is 0 Å². The van der Waals surface area contributed by atoms with Crippen LogP contribution >= 0.6 is 11.8 Å². The Morgan fingerprint density at radius 2 is 1.93 bits per heavy atom. The Morgan fingerprint density at radius 1 is 1.29 bits per heavy atom. The van der Waals surface area contributed by atoms with Crippen LogP contribution in [0.25, 0.3) is 0 Å².